The van der Waals surface area contributed by atoms with Crippen LogP contribution in [0, 0.1) is 17.3 Å². The lowest BCUT2D eigenvalue weighted by Gasteiger charge is -2.41. The van der Waals surface area contributed by atoms with Crippen LogP contribution in [-0.2, 0) is 25.7 Å². The molecule has 0 unspecified atom stereocenters. The summed E-state index contributed by atoms with van der Waals surface area (Å²) in [5.41, 5.74) is 1.18. The molecule has 2 aromatic carbocycles. The number of hydrogen-bond donors (Lipinski definition) is 0. The molecule has 0 N–H and O–H groups in total. The van der Waals surface area contributed by atoms with Crippen LogP contribution in [0.15, 0.2) is 54.6 Å². The van der Waals surface area contributed by atoms with Gasteiger partial charge in [0.25, 0.3) is 0 Å². The van der Waals surface area contributed by atoms with Gasteiger partial charge in [0.2, 0.25) is 5.91 Å². The van der Waals surface area contributed by atoms with Gasteiger partial charge in [-0.3, -0.25) is 19.2 Å². The first kappa shape index (κ1) is 21.7. The molecule has 1 amide bonds. The molecule has 5 rings (SSSR count). The van der Waals surface area contributed by atoms with Crippen LogP contribution in [0.3, 0.4) is 0 Å². The van der Waals surface area contributed by atoms with E-state index in [1.54, 1.807) is 4.90 Å². The first-order chi connectivity index (χ1) is 16.0. The molecule has 2 fully saturated rings. The van der Waals surface area contributed by atoms with E-state index in [9.17, 15) is 19.2 Å². The second-order valence-corrected chi connectivity index (χ2v) is 9.65. The Morgan fingerprint density at radius 3 is 2.27 bits per heavy atom. The SMILES string of the molecule is CCC[C@@H]1CC(=O)[C@@H]([C@@H]2C(=O)N(Cc3ccccc3)c3ccccc32)C12C(=O)CCCC2=O. The number of benzene rings is 2. The van der Waals surface area contributed by atoms with Crippen LogP contribution >= 0.6 is 0 Å². The smallest absolute Gasteiger partial charge is 0.235 e. The van der Waals surface area contributed by atoms with Gasteiger partial charge >= 0.3 is 0 Å². The molecular weight excluding hydrogens is 414 g/mol. The predicted molar refractivity (Wildman–Crippen MR) is 125 cm³/mol. The van der Waals surface area contributed by atoms with Crippen molar-refractivity contribution >= 4 is 28.9 Å². The van der Waals surface area contributed by atoms with Crippen LogP contribution < -0.4 is 4.90 Å². The normalized spacial score (nSPS) is 26.3. The summed E-state index contributed by atoms with van der Waals surface area (Å²) in [4.78, 5) is 56.3. The van der Waals surface area contributed by atoms with Crippen LogP contribution in [0.1, 0.15) is 62.5 Å². The summed E-state index contributed by atoms with van der Waals surface area (Å²) in [6, 6.07) is 17.3. The van der Waals surface area contributed by atoms with Crippen LogP contribution in [-0.4, -0.2) is 23.3 Å². The molecule has 0 radical (unpaired) electrons. The predicted octanol–water partition coefficient (Wildman–Crippen LogP) is 4.63. The largest absolute Gasteiger partial charge is 0.307 e. The van der Waals surface area contributed by atoms with Crippen molar-refractivity contribution in [3.63, 3.8) is 0 Å². The Kier molecular flexibility index (Phi) is 5.51. The number of Topliss-reactive ketones (excluding diaryl/α,β-unsaturated/α-hetero) is 3. The van der Waals surface area contributed by atoms with Gasteiger partial charge in [0.05, 0.1) is 18.4 Å². The highest BCUT2D eigenvalue weighted by molar-refractivity contribution is 6.18. The molecule has 0 aromatic heterocycles. The van der Waals surface area contributed by atoms with Crippen molar-refractivity contribution in [3.05, 3.63) is 65.7 Å². The molecule has 2 aromatic rings. The van der Waals surface area contributed by atoms with Crippen molar-refractivity contribution < 1.29 is 19.2 Å². The molecule has 0 saturated heterocycles. The Hall–Kier alpha value is -3.08. The second kappa shape index (κ2) is 8.36. The van der Waals surface area contributed by atoms with E-state index in [0.29, 0.717) is 32.2 Å². The molecule has 5 heteroatoms. The van der Waals surface area contributed by atoms with Crippen molar-refractivity contribution in [2.75, 3.05) is 4.90 Å². The summed E-state index contributed by atoms with van der Waals surface area (Å²) in [6.45, 7) is 2.41. The molecule has 0 bridgehead atoms. The molecule has 3 aliphatic rings. The lowest BCUT2D eigenvalue weighted by Crippen LogP contribution is -2.53. The van der Waals surface area contributed by atoms with E-state index in [1.165, 1.54) is 0 Å². The van der Waals surface area contributed by atoms with E-state index < -0.39 is 17.3 Å². The highest BCUT2D eigenvalue weighted by Crippen LogP contribution is 2.59. The number of fused-ring (bicyclic) bond motifs is 1. The van der Waals surface area contributed by atoms with Crippen molar-refractivity contribution in [2.24, 2.45) is 17.3 Å². The standard InChI is InChI=1S/C28H29NO4/c1-2-9-19-16-22(30)26(28(19)23(31)14-8-15-24(28)32)25-20-12-6-7-13-21(20)29(27(25)33)17-18-10-4-3-5-11-18/h3-7,10-13,19,25-26H,2,8-9,14-17H2,1H3/t19-,25-,26+/m1/s1. The first-order valence-electron chi connectivity index (χ1n) is 12.0. The Balaban J connectivity index is 1.62. The molecular formula is C28H29NO4. The number of amides is 1. The Morgan fingerprint density at radius 2 is 1.58 bits per heavy atom. The van der Waals surface area contributed by atoms with E-state index >= 15 is 0 Å². The number of carbonyl (C=O) groups is 4. The van der Waals surface area contributed by atoms with Gasteiger partial charge in [0.15, 0.2) is 0 Å². The molecule has 2 saturated carbocycles. The zero-order chi connectivity index (χ0) is 23.2. The molecule has 170 valence electrons. The zero-order valence-corrected chi connectivity index (χ0v) is 19.0. The summed E-state index contributed by atoms with van der Waals surface area (Å²) in [5, 5.41) is 0. The minimum absolute atomic E-state index is 0.105. The molecule has 5 nitrogen and oxygen atoms in total. The van der Waals surface area contributed by atoms with Crippen LogP contribution in [0.25, 0.3) is 0 Å². The molecule has 33 heavy (non-hydrogen) atoms. The van der Waals surface area contributed by atoms with Crippen molar-refractivity contribution in [3.8, 4) is 0 Å². The number of anilines is 1. The summed E-state index contributed by atoms with van der Waals surface area (Å²) in [6.07, 6.45) is 2.81. The van der Waals surface area contributed by atoms with Crippen molar-refractivity contribution in [1.29, 1.82) is 0 Å². The van der Waals surface area contributed by atoms with Crippen LogP contribution in [0.2, 0.25) is 0 Å². The van der Waals surface area contributed by atoms with Crippen LogP contribution in [0.4, 0.5) is 5.69 Å². The van der Waals surface area contributed by atoms with E-state index in [4.69, 9.17) is 0 Å². The van der Waals surface area contributed by atoms with E-state index in [2.05, 4.69) is 0 Å². The summed E-state index contributed by atoms with van der Waals surface area (Å²) in [7, 11) is 0. The minimum atomic E-state index is -1.35. The van der Waals surface area contributed by atoms with Gasteiger partial charge in [-0.05, 0) is 36.0 Å². The van der Waals surface area contributed by atoms with Crippen molar-refractivity contribution in [2.45, 2.75) is 57.9 Å². The van der Waals surface area contributed by atoms with Gasteiger partial charge in [0.1, 0.15) is 22.8 Å². The van der Waals surface area contributed by atoms with Gasteiger partial charge in [0, 0.05) is 24.9 Å². The Bertz CT molecular complexity index is 1110. The van der Waals surface area contributed by atoms with Gasteiger partial charge in [-0.25, -0.2) is 0 Å². The van der Waals surface area contributed by atoms with E-state index in [-0.39, 0.29) is 35.6 Å². The minimum Gasteiger partial charge on any atom is -0.307 e. The third-order valence-corrected chi connectivity index (χ3v) is 7.91. The van der Waals surface area contributed by atoms with Gasteiger partial charge in [-0.15, -0.1) is 0 Å². The van der Waals surface area contributed by atoms with E-state index in [0.717, 1.165) is 23.2 Å². The lowest BCUT2D eigenvalue weighted by atomic mass is 9.57. The Labute approximate surface area is 194 Å². The quantitative estimate of drug-likeness (QED) is 0.632. The molecule has 1 heterocycles. The fourth-order valence-electron chi connectivity index (χ4n) is 6.61. The van der Waals surface area contributed by atoms with E-state index in [1.807, 2.05) is 61.5 Å². The third-order valence-electron chi connectivity index (χ3n) is 7.91. The highest BCUT2D eigenvalue weighted by Gasteiger charge is 2.67. The molecule has 1 spiro atoms. The molecule has 1 aliphatic heterocycles. The summed E-state index contributed by atoms with van der Waals surface area (Å²) >= 11 is 0. The maximum absolute atomic E-state index is 14.0. The van der Waals surface area contributed by atoms with Crippen molar-refractivity contribution in [1.82, 2.24) is 0 Å². The number of hydrogen-bond acceptors (Lipinski definition) is 4. The molecule has 3 atom stereocenters. The first-order valence-corrected chi connectivity index (χ1v) is 12.0. The number of ketones is 3. The lowest BCUT2D eigenvalue weighted by molar-refractivity contribution is -0.153. The number of para-hydroxylation sites is 1. The molecule has 2 aliphatic carbocycles. The van der Waals surface area contributed by atoms with Crippen LogP contribution in [0.5, 0.6) is 0 Å². The topological polar surface area (TPSA) is 71.5 Å². The highest BCUT2D eigenvalue weighted by atomic mass is 16.2. The van der Waals surface area contributed by atoms with Gasteiger partial charge < -0.3 is 4.90 Å². The third kappa shape index (κ3) is 3.20. The van der Waals surface area contributed by atoms with Gasteiger partial charge in [-0.1, -0.05) is 61.9 Å². The fraction of sp³-hybridized carbons (Fsp3) is 0.429. The monoisotopic (exact) mass is 443 g/mol. The zero-order valence-electron chi connectivity index (χ0n) is 19.0. The second-order valence-electron chi connectivity index (χ2n) is 9.65. The number of nitrogens with zero attached hydrogens (tertiary/aromatic N) is 1. The fourth-order valence-corrected chi connectivity index (χ4v) is 6.61. The maximum atomic E-state index is 14.0. The average Bonchev–Trinajstić information content (AvgIpc) is 3.24. The number of rotatable bonds is 5. The number of carbonyl (C=O) groups excluding carboxylic acids is 4. The maximum Gasteiger partial charge on any atom is 0.235 e. The summed E-state index contributed by atoms with van der Waals surface area (Å²) in [5.74, 6) is -2.52. The van der Waals surface area contributed by atoms with Gasteiger partial charge in [-0.2, -0.15) is 0 Å². The Morgan fingerprint density at radius 1 is 0.909 bits per heavy atom. The summed E-state index contributed by atoms with van der Waals surface area (Å²) < 4.78 is 0. The average molecular weight is 444 g/mol.